The number of hydrogen-bond donors (Lipinski definition) is 0. The second kappa shape index (κ2) is 6.75. The first-order chi connectivity index (χ1) is 8.81. The predicted molar refractivity (Wildman–Crippen MR) is 72.2 cm³/mol. The zero-order valence-electron chi connectivity index (χ0n) is 11.9. The van der Waals surface area contributed by atoms with Crippen molar-refractivity contribution in [2.75, 3.05) is 13.6 Å². The highest BCUT2D eigenvalue weighted by Gasteiger charge is 2.16. The number of halogens is 2. The van der Waals surface area contributed by atoms with E-state index in [1.54, 1.807) is 0 Å². The van der Waals surface area contributed by atoms with Crippen LogP contribution in [-0.4, -0.2) is 30.3 Å². The third kappa shape index (κ3) is 4.71. The summed E-state index contributed by atoms with van der Waals surface area (Å²) in [4.78, 5) is 13.9. The zero-order valence-corrected chi connectivity index (χ0v) is 11.9. The van der Waals surface area contributed by atoms with Gasteiger partial charge in [-0.15, -0.1) is 0 Å². The van der Waals surface area contributed by atoms with Crippen LogP contribution in [-0.2, 0) is 0 Å². The number of nitrogens with zero attached hydrogens (tertiary/aromatic N) is 1. The van der Waals surface area contributed by atoms with Crippen LogP contribution in [0.2, 0.25) is 0 Å². The number of likely N-dealkylation sites (N-methyl/N-ethyl adjacent to an activating group) is 1. The molecule has 19 heavy (non-hydrogen) atoms. The van der Waals surface area contributed by atoms with Crippen molar-refractivity contribution in [3.63, 3.8) is 0 Å². The second-order valence-corrected chi connectivity index (χ2v) is 5.45. The van der Waals surface area contributed by atoms with Gasteiger partial charge in [-0.05, 0) is 44.5 Å². The molecule has 0 aliphatic carbocycles. The molecule has 0 heterocycles. The highest BCUT2D eigenvalue weighted by atomic mass is 19.2. The normalized spacial score (nSPS) is 13.1. The lowest BCUT2D eigenvalue weighted by Gasteiger charge is -2.25. The van der Waals surface area contributed by atoms with Crippen molar-refractivity contribution >= 4 is 5.78 Å². The number of hydrogen-bond acceptors (Lipinski definition) is 2. The van der Waals surface area contributed by atoms with E-state index in [1.165, 1.54) is 6.07 Å². The van der Waals surface area contributed by atoms with Gasteiger partial charge in [-0.2, -0.15) is 0 Å². The molecule has 106 valence electrons. The molecule has 4 heteroatoms. The first-order valence-corrected chi connectivity index (χ1v) is 6.49. The van der Waals surface area contributed by atoms with Crippen LogP contribution in [0.1, 0.15) is 37.6 Å². The molecule has 0 aliphatic heterocycles. The molecule has 0 aromatic heterocycles. The summed E-state index contributed by atoms with van der Waals surface area (Å²) in [5.41, 5.74) is 0.211. The number of rotatable bonds is 6. The molecule has 0 spiro atoms. The van der Waals surface area contributed by atoms with Crippen molar-refractivity contribution in [1.82, 2.24) is 4.90 Å². The Bertz CT molecular complexity index is 446. The highest BCUT2D eigenvalue weighted by Crippen LogP contribution is 2.12. The Morgan fingerprint density at radius 3 is 2.37 bits per heavy atom. The summed E-state index contributed by atoms with van der Waals surface area (Å²) >= 11 is 0. The Labute approximate surface area is 113 Å². The Hall–Kier alpha value is -1.29. The van der Waals surface area contributed by atoms with Crippen LogP contribution < -0.4 is 0 Å². The number of Topliss-reactive ketones (excluding diaryl/α,β-unsaturated/α-hetero) is 1. The fraction of sp³-hybridized carbons (Fsp3) is 0.533. The molecule has 1 unspecified atom stereocenters. The minimum atomic E-state index is -0.983. The van der Waals surface area contributed by atoms with E-state index in [0.29, 0.717) is 5.92 Å². The third-order valence-electron chi connectivity index (χ3n) is 3.20. The van der Waals surface area contributed by atoms with Crippen LogP contribution >= 0.6 is 0 Å². The molecule has 0 aliphatic rings. The standard InChI is InChI=1S/C15H21F2NO/c1-10(2)7-11(3)18(4)9-15(19)12-5-6-13(16)14(17)8-12/h5-6,8,10-11H,7,9H2,1-4H3. The van der Waals surface area contributed by atoms with E-state index in [2.05, 4.69) is 20.8 Å². The summed E-state index contributed by atoms with van der Waals surface area (Å²) in [6.45, 7) is 6.51. The average Bonchev–Trinajstić information content (AvgIpc) is 2.31. The van der Waals surface area contributed by atoms with Crippen molar-refractivity contribution < 1.29 is 13.6 Å². The average molecular weight is 269 g/mol. The predicted octanol–water partition coefficient (Wildman–Crippen LogP) is 3.51. The lowest BCUT2D eigenvalue weighted by Crippen LogP contribution is -2.34. The molecular weight excluding hydrogens is 248 g/mol. The topological polar surface area (TPSA) is 20.3 Å². The summed E-state index contributed by atoms with van der Waals surface area (Å²) in [6, 6.07) is 3.54. The van der Waals surface area contributed by atoms with Crippen LogP contribution in [0.15, 0.2) is 18.2 Å². The molecule has 2 nitrogen and oxygen atoms in total. The molecule has 1 atom stereocenters. The van der Waals surface area contributed by atoms with E-state index in [1.807, 2.05) is 11.9 Å². The van der Waals surface area contributed by atoms with Crippen molar-refractivity contribution in [2.45, 2.75) is 33.2 Å². The maximum atomic E-state index is 13.1. The van der Waals surface area contributed by atoms with Gasteiger partial charge in [0.25, 0.3) is 0 Å². The first-order valence-electron chi connectivity index (χ1n) is 6.49. The Balaban J connectivity index is 2.66. The smallest absolute Gasteiger partial charge is 0.176 e. The van der Waals surface area contributed by atoms with E-state index in [0.717, 1.165) is 18.6 Å². The lowest BCUT2D eigenvalue weighted by molar-refractivity contribution is 0.0916. The molecule has 0 saturated carbocycles. The summed E-state index contributed by atoms with van der Waals surface area (Å²) < 4.78 is 25.9. The Morgan fingerprint density at radius 2 is 1.84 bits per heavy atom. The van der Waals surface area contributed by atoms with Crippen molar-refractivity contribution in [3.8, 4) is 0 Å². The van der Waals surface area contributed by atoms with Gasteiger partial charge in [0.05, 0.1) is 6.54 Å². The van der Waals surface area contributed by atoms with Crippen LogP contribution in [0.25, 0.3) is 0 Å². The van der Waals surface area contributed by atoms with Crippen LogP contribution in [0.5, 0.6) is 0 Å². The molecule has 0 saturated heterocycles. The zero-order chi connectivity index (χ0) is 14.6. The fourth-order valence-corrected chi connectivity index (χ4v) is 2.01. The van der Waals surface area contributed by atoms with Crippen LogP contribution in [0.3, 0.4) is 0 Å². The van der Waals surface area contributed by atoms with E-state index >= 15 is 0 Å². The maximum absolute atomic E-state index is 13.1. The van der Waals surface area contributed by atoms with E-state index in [-0.39, 0.29) is 23.9 Å². The first kappa shape index (κ1) is 15.8. The Kier molecular flexibility index (Phi) is 5.60. The molecule has 0 bridgehead atoms. The summed E-state index contributed by atoms with van der Waals surface area (Å²) in [5.74, 6) is -1.56. The van der Waals surface area contributed by atoms with Crippen molar-refractivity contribution in [3.05, 3.63) is 35.4 Å². The quantitative estimate of drug-likeness (QED) is 0.736. The van der Waals surface area contributed by atoms with Gasteiger partial charge < -0.3 is 0 Å². The molecule has 0 amide bonds. The SMILES string of the molecule is CC(C)CC(C)N(C)CC(=O)c1ccc(F)c(F)c1. The van der Waals surface area contributed by atoms with E-state index in [4.69, 9.17) is 0 Å². The van der Waals surface area contributed by atoms with Gasteiger partial charge in [0.2, 0.25) is 0 Å². The summed E-state index contributed by atoms with van der Waals surface area (Å²) in [5, 5.41) is 0. The van der Waals surface area contributed by atoms with Gasteiger partial charge in [0.15, 0.2) is 17.4 Å². The number of carbonyl (C=O) groups excluding carboxylic acids is 1. The minimum absolute atomic E-state index is 0.197. The molecule has 1 aromatic rings. The third-order valence-corrected chi connectivity index (χ3v) is 3.20. The van der Waals surface area contributed by atoms with Gasteiger partial charge in [-0.25, -0.2) is 8.78 Å². The van der Waals surface area contributed by atoms with Gasteiger partial charge in [-0.1, -0.05) is 13.8 Å². The van der Waals surface area contributed by atoms with Crippen LogP contribution in [0.4, 0.5) is 8.78 Å². The summed E-state index contributed by atoms with van der Waals surface area (Å²) in [7, 11) is 1.87. The number of ketones is 1. The van der Waals surface area contributed by atoms with Gasteiger partial charge in [0.1, 0.15) is 0 Å². The minimum Gasteiger partial charge on any atom is -0.296 e. The van der Waals surface area contributed by atoms with Gasteiger partial charge in [0, 0.05) is 11.6 Å². The molecule has 0 N–H and O–H groups in total. The van der Waals surface area contributed by atoms with Crippen molar-refractivity contribution in [2.24, 2.45) is 5.92 Å². The number of carbonyl (C=O) groups is 1. The number of benzene rings is 1. The maximum Gasteiger partial charge on any atom is 0.176 e. The largest absolute Gasteiger partial charge is 0.296 e. The lowest BCUT2D eigenvalue weighted by atomic mass is 10.0. The van der Waals surface area contributed by atoms with E-state index in [9.17, 15) is 13.6 Å². The summed E-state index contributed by atoms with van der Waals surface area (Å²) in [6.07, 6.45) is 0.988. The molecule has 1 rings (SSSR count). The van der Waals surface area contributed by atoms with E-state index < -0.39 is 11.6 Å². The van der Waals surface area contributed by atoms with Gasteiger partial charge >= 0.3 is 0 Å². The molecule has 0 radical (unpaired) electrons. The van der Waals surface area contributed by atoms with Crippen LogP contribution in [0, 0.1) is 17.6 Å². The van der Waals surface area contributed by atoms with Gasteiger partial charge in [-0.3, -0.25) is 9.69 Å². The van der Waals surface area contributed by atoms with Crippen molar-refractivity contribution in [1.29, 1.82) is 0 Å². The molecular formula is C15H21F2NO. The Morgan fingerprint density at radius 1 is 1.21 bits per heavy atom. The molecule has 0 fully saturated rings. The second-order valence-electron chi connectivity index (χ2n) is 5.45. The monoisotopic (exact) mass is 269 g/mol. The highest BCUT2D eigenvalue weighted by molar-refractivity contribution is 5.97. The fourth-order valence-electron chi connectivity index (χ4n) is 2.01. The molecule has 1 aromatic carbocycles.